The zero-order valence-electron chi connectivity index (χ0n) is 17.3. The Morgan fingerprint density at radius 2 is 1.64 bits per heavy atom. The minimum absolute atomic E-state index is 0.0947. The molecule has 1 aromatic rings. The van der Waals surface area contributed by atoms with Crippen LogP contribution in [-0.2, 0) is 0 Å². The summed E-state index contributed by atoms with van der Waals surface area (Å²) >= 11 is 0. The fourth-order valence-electron chi connectivity index (χ4n) is 4.02. The van der Waals surface area contributed by atoms with Crippen molar-refractivity contribution in [2.75, 3.05) is 0 Å². The summed E-state index contributed by atoms with van der Waals surface area (Å²) in [5.74, 6) is 0.519. The van der Waals surface area contributed by atoms with Crippen LogP contribution in [0.3, 0.4) is 0 Å². The van der Waals surface area contributed by atoms with Gasteiger partial charge in [-0.25, -0.2) is 4.39 Å². The summed E-state index contributed by atoms with van der Waals surface area (Å²) in [5.41, 5.74) is 1.17. The molecule has 1 aliphatic rings. The van der Waals surface area contributed by atoms with Gasteiger partial charge in [-0.3, -0.25) is 0 Å². The van der Waals surface area contributed by atoms with E-state index in [-0.39, 0.29) is 22.2 Å². The maximum atomic E-state index is 14.8. The highest BCUT2D eigenvalue weighted by Crippen LogP contribution is 2.44. The highest BCUT2D eigenvalue weighted by molar-refractivity contribution is 5.33. The first-order valence-corrected chi connectivity index (χ1v) is 9.88. The Morgan fingerprint density at radius 3 is 2.12 bits per heavy atom. The van der Waals surface area contributed by atoms with Crippen molar-refractivity contribution in [3.63, 3.8) is 0 Å². The molecule has 0 amide bonds. The molecular formula is C23H37FO. The SMILES string of the molecule is CC(C)(C)CC(c1ccc(OC2(C)CCCCC2)c(F)c1)C(C)(C)C. The van der Waals surface area contributed by atoms with Gasteiger partial charge in [0.1, 0.15) is 5.60 Å². The van der Waals surface area contributed by atoms with Gasteiger partial charge in [0.25, 0.3) is 0 Å². The monoisotopic (exact) mass is 348 g/mol. The Morgan fingerprint density at radius 1 is 1.04 bits per heavy atom. The lowest BCUT2D eigenvalue weighted by Gasteiger charge is -2.37. The summed E-state index contributed by atoms with van der Waals surface area (Å²) in [6.07, 6.45) is 6.68. The van der Waals surface area contributed by atoms with E-state index >= 15 is 0 Å². The van der Waals surface area contributed by atoms with Crippen LogP contribution in [0, 0.1) is 16.6 Å². The van der Waals surface area contributed by atoms with Crippen molar-refractivity contribution in [1.29, 1.82) is 0 Å². The average molecular weight is 349 g/mol. The topological polar surface area (TPSA) is 9.23 Å². The Kier molecular flexibility index (Phi) is 5.91. The van der Waals surface area contributed by atoms with Crippen LogP contribution in [0.1, 0.15) is 98.5 Å². The van der Waals surface area contributed by atoms with Crippen molar-refractivity contribution in [3.8, 4) is 5.75 Å². The Bertz CT molecular complexity index is 571. The van der Waals surface area contributed by atoms with Gasteiger partial charge >= 0.3 is 0 Å². The molecule has 2 heteroatoms. The lowest BCUT2D eigenvalue weighted by atomic mass is 9.69. The molecule has 1 unspecified atom stereocenters. The first-order chi connectivity index (χ1) is 11.4. The van der Waals surface area contributed by atoms with Crippen LogP contribution >= 0.6 is 0 Å². The highest BCUT2D eigenvalue weighted by Gasteiger charge is 2.32. The average Bonchev–Trinajstić information content (AvgIpc) is 2.46. The Labute approximate surface area is 154 Å². The third kappa shape index (κ3) is 5.72. The summed E-state index contributed by atoms with van der Waals surface area (Å²) in [7, 11) is 0. The predicted octanol–water partition coefficient (Wildman–Crippen LogP) is 7.49. The lowest BCUT2D eigenvalue weighted by Crippen LogP contribution is -2.34. The summed E-state index contributed by atoms with van der Waals surface area (Å²) in [4.78, 5) is 0. The van der Waals surface area contributed by atoms with Gasteiger partial charge in [-0.05, 0) is 73.5 Å². The largest absolute Gasteiger partial charge is 0.485 e. The maximum Gasteiger partial charge on any atom is 0.165 e. The molecule has 2 rings (SSSR count). The fraction of sp³-hybridized carbons (Fsp3) is 0.739. The van der Waals surface area contributed by atoms with E-state index in [9.17, 15) is 4.39 Å². The van der Waals surface area contributed by atoms with Crippen LogP contribution in [0.25, 0.3) is 0 Å². The number of ether oxygens (including phenoxy) is 1. The van der Waals surface area contributed by atoms with Crippen molar-refractivity contribution in [3.05, 3.63) is 29.6 Å². The Hall–Kier alpha value is -1.05. The Balaban J connectivity index is 2.24. The van der Waals surface area contributed by atoms with Gasteiger partial charge in [0.2, 0.25) is 0 Å². The van der Waals surface area contributed by atoms with E-state index in [2.05, 4.69) is 54.5 Å². The fourth-order valence-corrected chi connectivity index (χ4v) is 4.02. The first-order valence-electron chi connectivity index (χ1n) is 9.88. The predicted molar refractivity (Wildman–Crippen MR) is 105 cm³/mol. The van der Waals surface area contributed by atoms with E-state index in [0.29, 0.717) is 11.7 Å². The molecule has 1 aliphatic carbocycles. The third-order valence-electron chi connectivity index (χ3n) is 5.49. The number of rotatable bonds is 4. The summed E-state index contributed by atoms with van der Waals surface area (Å²) in [6, 6.07) is 5.64. The quantitative estimate of drug-likeness (QED) is 0.547. The zero-order chi connectivity index (χ0) is 18.9. The third-order valence-corrected chi connectivity index (χ3v) is 5.49. The van der Waals surface area contributed by atoms with Crippen LogP contribution in [0.5, 0.6) is 5.75 Å². The normalized spacial score (nSPS) is 19.5. The molecule has 1 aromatic carbocycles. The van der Waals surface area contributed by atoms with Crippen molar-refractivity contribution in [1.82, 2.24) is 0 Å². The molecule has 142 valence electrons. The molecule has 0 saturated heterocycles. The minimum atomic E-state index is -0.215. The second-order valence-corrected chi connectivity index (χ2v) is 10.5. The molecule has 0 spiro atoms. The highest BCUT2D eigenvalue weighted by atomic mass is 19.1. The summed E-state index contributed by atoms with van der Waals surface area (Å²) in [6.45, 7) is 15.6. The second-order valence-electron chi connectivity index (χ2n) is 10.5. The second kappa shape index (κ2) is 7.29. The smallest absolute Gasteiger partial charge is 0.165 e. The molecule has 0 N–H and O–H groups in total. The van der Waals surface area contributed by atoms with Crippen molar-refractivity contribution in [2.45, 2.75) is 98.5 Å². The molecule has 1 atom stereocenters. The lowest BCUT2D eigenvalue weighted by molar-refractivity contribution is 0.0447. The van der Waals surface area contributed by atoms with Crippen LogP contribution in [-0.4, -0.2) is 5.60 Å². The van der Waals surface area contributed by atoms with Gasteiger partial charge in [0.15, 0.2) is 11.6 Å². The molecule has 1 saturated carbocycles. The van der Waals surface area contributed by atoms with E-state index in [4.69, 9.17) is 4.74 Å². The zero-order valence-corrected chi connectivity index (χ0v) is 17.3. The van der Waals surface area contributed by atoms with E-state index in [1.165, 1.54) is 19.3 Å². The van der Waals surface area contributed by atoms with Gasteiger partial charge in [-0.15, -0.1) is 0 Å². The van der Waals surface area contributed by atoms with E-state index < -0.39 is 0 Å². The van der Waals surface area contributed by atoms with Crippen LogP contribution in [0.15, 0.2) is 18.2 Å². The molecule has 0 radical (unpaired) electrons. The van der Waals surface area contributed by atoms with Crippen molar-refractivity contribution >= 4 is 0 Å². The molecular weight excluding hydrogens is 311 g/mol. The number of hydrogen-bond donors (Lipinski definition) is 0. The van der Waals surface area contributed by atoms with Gasteiger partial charge in [-0.1, -0.05) is 54.0 Å². The molecule has 0 heterocycles. The van der Waals surface area contributed by atoms with Gasteiger partial charge < -0.3 is 4.74 Å². The van der Waals surface area contributed by atoms with E-state index in [1.54, 1.807) is 6.07 Å². The van der Waals surface area contributed by atoms with Crippen molar-refractivity contribution < 1.29 is 9.13 Å². The molecule has 0 aliphatic heterocycles. The number of benzene rings is 1. The molecule has 0 aromatic heterocycles. The molecule has 25 heavy (non-hydrogen) atoms. The van der Waals surface area contributed by atoms with Crippen LogP contribution in [0.4, 0.5) is 4.39 Å². The standard InChI is InChI=1S/C23H37FO/c1-21(2,3)16-18(22(4,5)6)17-11-12-20(19(24)15-17)25-23(7)13-9-8-10-14-23/h11-12,15,18H,8-10,13-14,16H2,1-7H3. The van der Waals surface area contributed by atoms with Gasteiger partial charge in [0.05, 0.1) is 0 Å². The molecule has 1 fully saturated rings. The molecule has 1 nitrogen and oxygen atoms in total. The van der Waals surface area contributed by atoms with Crippen LogP contribution < -0.4 is 4.74 Å². The summed E-state index contributed by atoms with van der Waals surface area (Å²) < 4.78 is 21.0. The maximum absolute atomic E-state index is 14.8. The van der Waals surface area contributed by atoms with Crippen LogP contribution in [0.2, 0.25) is 0 Å². The minimum Gasteiger partial charge on any atom is -0.485 e. The van der Waals surface area contributed by atoms with Gasteiger partial charge in [0, 0.05) is 0 Å². The van der Waals surface area contributed by atoms with E-state index in [1.807, 2.05) is 6.07 Å². The number of halogens is 1. The van der Waals surface area contributed by atoms with Gasteiger partial charge in [-0.2, -0.15) is 0 Å². The molecule has 0 bridgehead atoms. The first kappa shape index (κ1) is 20.3. The van der Waals surface area contributed by atoms with E-state index in [0.717, 1.165) is 24.8 Å². The van der Waals surface area contributed by atoms with Crippen molar-refractivity contribution in [2.24, 2.45) is 10.8 Å². The summed E-state index contributed by atoms with van der Waals surface area (Å²) in [5, 5.41) is 0. The number of hydrogen-bond acceptors (Lipinski definition) is 1.